The maximum Gasteiger partial charge on any atom is 0.119 e. The number of nitrogens with zero attached hydrogens (tertiary/aromatic N) is 2. The lowest BCUT2D eigenvalue weighted by Crippen LogP contribution is -2.07. The van der Waals surface area contributed by atoms with Gasteiger partial charge in [0.15, 0.2) is 0 Å². The first-order valence-electron chi connectivity index (χ1n) is 8.05. The van der Waals surface area contributed by atoms with Crippen LogP contribution in [0.5, 0.6) is 5.75 Å². The zero-order valence-corrected chi connectivity index (χ0v) is 12.6. The summed E-state index contributed by atoms with van der Waals surface area (Å²) in [5, 5.41) is 0. The lowest BCUT2D eigenvalue weighted by atomic mass is 10.3. The number of aryl methyl sites for hydroxylation is 1. The molecule has 1 aliphatic rings. The third-order valence-electron chi connectivity index (χ3n) is 4.16. The van der Waals surface area contributed by atoms with Crippen molar-refractivity contribution in [1.82, 2.24) is 9.55 Å². The van der Waals surface area contributed by atoms with Crippen LogP contribution in [0.1, 0.15) is 31.0 Å². The highest BCUT2D eigenvalue weighted by Gasteiger charge is 2.29. The minimum atomic E-state index is 0.669. The van der Waals surface area contributed by atoms with E-state index in [2.05, 4.69) is 28.8 Å². The quantitative estimate of drug-likeness (QED) is 0.630. The van der Waals surface area contributed by atoms with E-state index in [1.807, 2.05) is 30.3 Å². The predicted octanol–water partition coefficient (Wildman–Crippen LogP) is 4.38. The van der Waals surface area contributed by atoms with E-state index < -0.39 is 0 Å². The molecule has 2 aromatic carbocycles. The van der Waals surface area contributed by atoms with Crippen LogP contribution in [0, 0.1) is 0 Å². The van der Waals surface area contributed by atoms with Crippen LogP contribution in [0.3, 0.4) is 0 Å². The van der Waals surface area contributed by atoms with E-state index in [0.29, 0.717) is 5.92 Å². The molecule has 1 fully saturated rings. The molecule has 0 saturated heterocycles. The highest BCUT2D eigenvalue weighted by Crippen LogP contribution is 2.40. The number of aromatic nitrogens is 2. The third kappa shape index (κ3) is 2.71. The second kappa shape index (κ2) is 5.84. The molecule has 3 heteroatoms. The number of para-hydroxylation sites is 3. The molecule has 112 valence electrons. The van der Waals surface area contributed by atoms with Gasteiger partial charge in [0.05, 0.1) is 17.6 Å². The zero-order chi connectivity index (χ0) is 14.8. The standard InChI is InChI=1S/C19H20N2O/c1-2-7-16(8-3-1)22-14-6-13-21-18-10-5-4-9-17(18)20-19(21)15-11-12-15/h1-5,7-10,15H,6,11-14H2. The fraction of sp³-hybridized carbons (Fsp3) is 0.316. The van der Waals surface area contributed by atoms with Crippen LogP contribution in [0.15, 0.2) is 54.6 Å². The zero-order valence-electron chi connectivity index (χ0n) is 12.6. The maximum absolute atomic E-state index is 5.80. The Kier molecular flexibility index (Phi) is 3.55. The summed E-state index contributed by atoms with van der Waals surface area (Å²) in [4.78, 5) is 4.83. The van der Waals surface area contributed by atoms with Crippen molar-refractivity contribution in [3.05, 3.63) is 60.4 Å². The van der Waals surface area contributed by atoms with Gasteiger partial charge in [-0.05, 0) is 43.5 Å². The number of imidazole rings is 1. The van der Waals surface area contributed by atoms with E-state index >= 15 is 0 Å². The molecule has 1 saturated carbocycles. The van der Waals surface area contributed by atoms with Crippen molar-refractivity contribution < 1.29 is 4.74 Å². The monoisotopic (exact) mass is 292 g/mol. The molecular formula is C19H20N2O. The number of benzene rings is 2. The van der Waals surface area contributed by atoms with Crippen LogP contribution in [-0.2, 0) is 6.54 Å². The fourth-order valence-electron chi connectivity index (χ4n) is 2.91. The van der Waals surface area contributed by atoms with Gasteiger partial charge in [-0.15, -0.1) is 0 Å². The van der Waals surface area contributed by atoms with Crippen molar-refractivity contribution in [1.29, 1.82) is 0 Å². The van der Waals surface area contributed by atoms with Gasteiger partial charge in [0, 0.05) is 12.5 Å². The van der Waals surface area contributed by atoms with Crippen molar-refractivity contribution in [2.75, 3.05) is 6.61 Å². The fourth-order valence-corrected chi connectivity index (χ4v) is 2.91. The van der Waals surface area contributed by atoms with Gasteiger partial charge in [-0.2, -0.15) is 0 Å². The van der Waals surface area contributed by atoms with E-state index in [-0.39, 0.29) is 0 Å². The Morgan fingerprint density at radius 3 is 2.59 bits per heavy atom. The van der Waals surface area contributed by atoms with Crippen LogP contribution < -0.4 is 4.74 Å². The van der Waals surface area contributed by atoms with Gasteiger partial charge in [0.25, 0.3) is 0 Å². The highest BCUT2D eigenvalue weighted by molar-refractivity contribution is 5.76. The lowest BCUT2D eigenvalue weighted by Gasteiger charge is -2.10. The van der Waals surface area contributed by atoms with Gasteiger partial charge >= 0.3 is 0 Å². The minimum Gasteiger partial charge on any atom is -0.494 e. The summed E-state index contributed by atoms with van der Waals surface area (Å²) in [6, 6.07) is 18.5. The van der Waals surface area contributed by atoms with Crippen LogP contribution in [-0.4, -0.2) is 16.2 Å². The van der Waals surface area contributed by atoms with Crippen LogP contribution in [0.4, 0.5) is 0 Å². The normalized spacial score (nSPS) is 14.4. The maximum atomic E-state index is 5.80. The SMILES string of the molecule is c1ccc(OCCCn2c(C3CC3)nc3ccccc32)cc1. The third-order valence-corrected chi connectivity index (χ3v) is 4.16. The second-order valence-corrected chi connectivity index (χ2v) is 5.90. The molecule has 0 bridgehead atoms. The average molecular weight is 292 g/mol. The lowest BCUT2D eigenvalue weighted by molar-refractivity contribution is 0.302. The van der Waals surface area contributed by atoms with Crippen molar-refractivity contribution >= 4 is 11.0 Å². The van der Waals surface area contributed by atoms with E-state index in [1.165, 1.54) is 24.2 Å². The second-order valence-electron chi connectivity index (χ2n) is 5.90. The predicted molar refractivity (Wildman–Crippen MR) is 88.3 cm³/mol. The summed E-state index contributed by atoms with van der Waals surface area (Å²) in [6.07, 6.45) is 3.56. The molecule has 1 aliphatic carbocycles. The Morgan fingerprint density at radius 2 is 1.77 bits per heavy atom. The molecule has 22 heavy (non-hydrogen) atoms. The van der Waals surface area contributed by atoms with E-state index in [1.54, 1.807) is 0 Å². The highest BCUT2D eigenvalue weighted by atomic mass is 16.5. The van der Waals surface area contributed by atoms with Crippen molar-refractivity contribution in [2.45, 2.75) is 31.7 Å². The molecule has 4 rings (SSSR count). The molecule has 0 N–H and O–H groups in total. The van der Waals surface area contributed by atoms with E-state index in [0.717, 1.165) is 30.8 Å². The first-order valence-corrected chi connectivity index (χ1v) is 8.05. The minimum absolute atomic E-state index is 0.669. The molecular weight excluding hydrogens is 272 g/mol. The smallest absolute Gasteiger partial charge is 0.119 e. The van der Waals surface area contributed by atoms with E-state index in [4.69, 9.17) is 9.72 Å². The summed E-state index contributed by atoms with van der Waals surface area (Å²) in [6.45, 7) is 1.71. The molecule has 0 unspecified atom stereocenters. The summed E-state index contributed by atoms with van der Waals surface area (Å²) < 4.78 is 8.19. The van der Waals surface area contributed by atoms with Gasteiger partial charge in [-0.3, -0.25) is 0 Å². The molecule has 0 atom stereocenters. The molecule has 0 aliphatic heterocycles. The Hall–Kier alpha value is -2.29. The number of rotatable bonds is 6. The largest absolute Gasteiger partial charge is 0.494 e. The Balaban J connectivity index is 1.46. The van der Waals surface area contributed by atoms with Crippen molar-refractivity contribution in [3.63, 3.8) is 0 Å². The van der Waals surface area contributed by atoms with Gasteiger partial charge in [-0.1, -0.05) is 30.3 Å². The molecule has 3 aromatic rings. The van der Waals surface area contributed by atoms with Crippen LogP contribution in [0.25, 0.3) is 11.0 Å². The molecule has 3 nitrogen and oxygen atoms in total. The Morgan fingerprint density at radius 1 is 1.00 bits per heavy atom. The van der Waals surface area contributed by atoms with E-state index in [9.17, 15) is 0 Å². The first kappa shape index (κ1) is 13.4. The summed E-state index contributed by atoms with van der Waals surface area (Å²) in [5.41, 5.74) is 2.37. The molecule has 1 heterocycles. The Bertz CT molecular complexity index is 759. The van der Waals surface area contributed by atoms with Crippen molar-refractivity contribution in [2.24, 2.45) is 0 Å². The van der Waals surface area contributed by atoms with Crippen molar-refractivity contribution in [3.8, 4) is 5.75 Å². The van der Waals surface area contributed by atoms with Gasteiger partial charge in [0.2, 0.25) is 0 Å². The van der Waals surface area contributed by atoms with Gasteiger partial charge in [-0.25, -0.2) is 4.98 Å². The first-order chi connectivity index (χ1) is 10.9. The van der Waals surface area contributed by atoms with Crippen LogP contribution >= 0.6 is 0 Å². The number of fused-ring (bicyclic) bond motifs is 1. The summed E-state index contributed by atoms with van der Waals surface area (Å²) in [7, 11) is 0. The number of hydrogen-bond acceptors (Lipinski definition) is 2. The molecule has 0 amide bonds. The van der Waals surface area contributed by atoms with Gasteiger partial charge in [0.1, 0.15) is 11.6 Å². The summed E-state index contributed by atoms with van der Waals surface area (Å²) in [5.74, 6) is 2.88. The van der Waals surface area contributed by atoms with Crippen LogP contribution in [0.2, 0.25) is 0 Å². The summed E-state index contributed by atoms with van der Waals surface area (Å²) >= 11 is 0. The Labute approximate surface area is 130 Å². The topological polar surface area (TPSA) is 27.1 Å². The molecule has 1 aromatic heterocycles. The molecule has 0 spiro atoms. The number of ether oxygens (including phenoxy) is 1. The molecule has 0 radical (unpaired) electrons. The average Bonchev–Trinajstić information content (AvgIpc) is 3.35. The number of hydrogen-bond donors (Lipinski definition) is 0. The van der Waals surface area contributed by atoms with Gasteiger partial charge < -0.3 is 9.30 Å².